The van der Waals surface area contributed by atoms with Crippen LogP contribution >= 0.6 is 6.04 Å². The molecular weight excluding hydrogens is 446 g/mol. The summed E-state index contributed by atoms with van der Waals surface area (Å²) in [6, 6.07) is 3.11. The standard InChI is InChI=1S/C21H31F3NO2PSSi/c1-13(2)28(29,14(3)4)19(16-9-11-17(12-10-16)21(22,23)24)18-20(26-15(5)25-18)27-30(6,7)8/h9-14,19H,1-8H3. The second-order valence-corrected chi connectivity index (χ2v) is 19.5. The Morgan fingerprint density at radius 1 is 1.03 bits per heavy atom. The molecule has 0 amide bonds. The summed E-state index contributed by atoms with van der Waals surface area (Å²) in [4.78, 5) is 4.64. The molecule has 2 aromatic rings. The quantitative estimate of drug-likeness (QED) is 0.304. The molecule has 0 saturated carbocycles. The van der Waals surface area contributed by atoms with Crippen molar-refractivity contribution in [2.24, 2.45) is 0 Å². The van der Waals surface area contributed by atoms with E-state index in [1.807, 2.05) is 19.6 Å². The molecule has 0 radical (unpaired) electrons. The van der Waals surface area contributed by atoms with Gasteiger partial charge in [0.05, 0.1) is 11.2 Å². The zero-order valence-electron chi connectivity index (χ0n) is 18.8. The molecule has 168 valence electrons. The van der Waals surface area contributed by atoms with E-state index in [0.29, 0.717) is 17.5 Å². The van der Waals surface area contributed by atoms with Gasteiger partial charge >= 0.3 is 6.18 Å². The van der Waals surface area contributed by atoms with Gasteiger partial charge in [0.1, 0.15) is 5.69 Å². The van der Waals surface area contributed by atoms with Gasteiger partial charge in [0.15, 0.2) is 5.89 Å². The Kier molecular flexibility index (Phi) is 7.37. The van der Waals surface area contributed by atoms with Crippen LogP contribution < -0.4 is 4.43 Å². The van der Waals surface area contributed by atoms with Crippen molar-refractivity contribution >= 4 is 26.2 Å². The fourth-order valence-electron chi connectivity index (χ4n) is 3.58. The summed E-state index contributed by atoms with van der Waals surface area (Å²) in [6.07, 6.45) is -4.39. The molecule has 0 aliphatic heterocycles. The largest absolute Gasteiger partial charge is 0.518 e. The molecular formula is C21H31F3NO2PSSi. The zero-order valence-corrected chi connectivity index (χ0v) is 21.5. The van der Waals surface area contributed by atoms with Gasteiger partial charge in [-0.25, -0.2) is 4.98 Å². The van der Waals surface area contributed by atoms with Crippen LogP contribution in [0, 0.1) is 6.92 Å². The molecule has 9 heteroatoms. The molecule has 0 spiro atoms. The van der Waals surface area contributed by atoms with Crippen molar-refractivity contribution in [2.45, 2.75) is 77.4 Å². The lowest BCUT2D eigenvalue weighted by molar-refractivity contribution is -0.137. The predicted molar refractivity (Wildman–Crippen MR) is 123 cm³/mol. The molecule has 0 aliphatic carbocycles. The number of aryl methyl sites for hydroxylation is 1. The van der Waals surface area contributed by atoms with Crippen molar-refractivity contribution < 1.29 is 22.0 Å². The highest BCUT2D eigenvalue weighted by Crippen LogP contribution is 2.69. The molecule has 1 aromatic heterocycles. The number of hydrogen-bond donors (Lipinski definition) is 0. The number of alkyl halides is 3. The topological polar surface area (TPSA) is 35.3 Å². The third-order valence-electron chi connectivity index (χ3n) is 4.96. The minimum atomic E-state index is -4.39. The summed E-state index contributed by atoms with van der Waals surface area (Å²) in [6.45, 7) is 16.2. The van der Waals surface area contributed by atoms with E-state index >= 15 is 0 Å². The molecule has 0 N–H and O–H groups in total. The zero-order chi connectivity index (χ0) is 23.1. The molecule has 3 nitrogen and oxygen atoms in total. The fraction of sp³-hybridized carbons (Fsp3) is 0.571. The van der Waals surface area contributed by atoms with E-state index < -0.39 is 26.1 Å². The predicted octanol–water partition coefficient (Wildman–Crippen LogP) is 7.60. The van der Waals surface area contributed by atoms with Gasteiger partial charge in [0, 0.05) is 6.92 Å². The molecule has 0 fully saturated rings. The van der Waals surface area contributed by atoms with Crippen LogP contribution in [0.1, 0.15) is 56.1 Å². The van der Waals surface area contributed by atoms with Gasteiger partial charge in [0.2, 0.25) is 8.32 Å². The molecule has 30 heavy (non-hydrogen) atoms. The summed E-state index contributed by atoms with van der Waals surface area (Å²) in [5, 5.41) is 0. The first-order valence-electron chi connectivity index (χ1n) is 10.00. The summed E-state index contributed by atoms with van der Waals surface area (Å²) >= 11 is 6.31. The first-order chi connectivity index (χ1) is 13.6. The molecule has 1 atom stereocenters. The smallest absolute Gasteiger partial charge is 0.416 e. The van der Waals surface area contributed by atoms with E-state index in [9.17, 15) is 13.2 Å². The average molecular weight is 478 g/mol. The number of rotatable bonds is 7. The third kappa shape index (κ3) is 5.38. The highest BCUT2D eigenvalue weighted by molar-refractivity contribution is 8.15. The van der Waals surface area contributed by atoms with Gasteiger partial charge in [-0.2, -0.15) is 13.2 Å². The second kappa shape index (κ2) is 8.79. The van der Waals surface area contributed by atoms with Gasteiger partial charge in [-0.15, -0.1) is 0 Å². The average Bonchev–Trinajstić information content (AvgIpc) is 2.92. The highest BCUT2D eigenvalue weighted by atomic mass is 32.4. The second-order valence-electron chi connectivity index (χ2n) is 9.09. The minimum Gasteiger partial charge on any atom is -0.518 e. The number of halogens is 3. The normalized spacial score (nSPS) is 14.4. The van der Waals surface area contributed by atoms with Crippen molar-refractivity contribution in [2.75, 3.05) is 0 Å². The Morgan fingerprint density at radius 2 is 1.53 bits per heavy atom. The van der Waals surface area contributed by atoms with Crippen LogP contribution in [0.2, 0.25) is 19.6 Å². The maximum atomic E-state index is 13.1. The maximum absolute atomic E-state index is 13.1. The maximum Gasteiger partial charge on any atom is 0.416 e. The molecule has 0 aliphatic rings. The summed E-state index contributed by atoms with van der Waals surface area (Å²) in [5.74, 6) is 0.816. The van der Waals surface area contributed by atoms with E-state index in [1.54, 1.807) is 6.92 Å². The number of benzene rings is 1. The lowest BCUT2D eigenvalue weighted by atomic mass is 10.1. The lowest BCUT2D eigenvalue weighted by Gasteiger charge is -2.38. The number of nitrogens with zero attached hydrogens (tertiary/aromatic N) is 1. The van der Waals surface area contributed by atoms with Crippen molar-refractivity contribution in [3.63, 3.8) is 0 Å². The molecule has 0 bridgehead atoms. The fourth-order valence-corrected chi connectivity index (χ4v) is 8.51. The van der Waals surface area contributed by atoms with Crippen molar-refractivity contribution in [3.8, 4) is 5.95 Å². The van der Waals surface area contributed by atoms with Crippen molar-refractivity contribution in [3.05, 3.63) is 47.0 Å². The monoisotopic (exact) mass is 477 g/mol. The van der Waals surface area contributed by atoms with Crippen LogP contribution in [0.3, 0.4) is 0 Å². The summed E-state index contributed by atoms with van der Waals surface area (Å²) < 4.78 is 51.4. The molecule has 2 rings (SSSR count). The van der Waals surface area contributed by atoms with Crippen LogP contribution in [0.5, 0.6) is 5.95 Å². The molecule has 1 heterocycles. The minimum absolute atomic E-state index is 0.163. The molecule has 1 aromatic carbocycles. The van der Waals surface area contributed by atoms with E-state index in [-0.39, 0.29) is 17.0 Å². The van der Waals surface area contributed by atoms with Crippen LogP contribution in [0.15, 0.2) is 28.7 Å². The molecule has 1 unspecified atom stereocenters. The lowest BCUT2D eigenvalue weighted by Crippen LogP contribution is -2.30. The first kappa shape index (κ1) is 25.2. The van der Waals surface area contributed by atoms with Crippen LogP contribution in [0.4, 0.5) is 13.2 Å². The van der Waals surface area contributed by atoms with E-state index in [4.69, 9.17) is 20.7 Å². The van der Waals surface area contributed by atoms with Crippen LogP contribution in [-0.2, 0) is 18.0 Å². The highest BCUT2D eigenvalue weighted by Gasteiger charge is 2.41. The van der Waals surface area contributed by atoms with Gasteiger partial charge in [-0.1, -0.05) is 51.6 Å². The first-order valence-corrected chi connectivity index (χ1v) is 16.4. The SMILES string of the molecule is Cc1nc(C(c2ccc(C(F)(F)F)cc2)P(=S)(C(C)C)C(C)C)c(O[Si](C)(C)C)o1. The summed E-state index contributed by atoms with van der Waals surface area (Å²) in [7, 11) is -2.01. The summed E-state index contributed by atoms with van der Waals surface area (Å²) in [5.41, 5.74) is 0.636. The van der Waals surface area contributed by atoms with Crippen molar-refractivity contribution in [1.29, 1.82) is 0 Å². The Bertz CT molecular complexity index is 906. The molecule has 0 saturated heterocycles. The number of hydrogen-bond acceptors (Lipinski definition) is 4. The van der Waals surface area contributed by atoms with Crippen LogP contribution in [-0.4, -0.2) is 24.6 Å². The Morgan fingerprint density at radius 3 is 1.93 bits per heavy atom. The Balaban J connectivity index is 2.75. The van der Waals surface area contributed by atoms with Gasteiger partial charge in [-0.05, 0) is 54.7 Å². The Labute approximate surface area is 183 Å². The van der Waals surface area contributed by atoms with E-state index in [1.165, 1.54) is 12.1 Å². The van der Waals surface area contributed by atoms with Crippen LogP contribution in [0.25, 0.3) is 0 Å². The van der Waals surface area contributed by atoms with E-state index in [2.05, 4.69) is 32.7 Å². The number of oxazole rings is 1. The van der Waals surface area contributed by atoms with Crippen molar-refractivity contribution in [1.82, 2.24) is 4.98 Å². The third-order valence-corrected chi connectivity index (χ3v) is 13.5. The van der Waals surface area contributed by atoms with Gasteiger partial charge in [0.25, 0.3) is 5.95 Å². The van der Waals surface area contributed by atoms with Gasteiger partial charge in [-0.3, -0.25) is 0 Å². The van der Waals surface area contributed by atoms with E-state index in [0.717, 1.165) is 17.7 Å². The Hall–Kier alpha value is -1.11. The van der Waals surface area contributed by atoms with Gasteiger partial charge < -0.3 is 8.84 Å². The number of aromatic nitrogens is 1.